The van der Waals surface area contributed by atoms with E-state index in [1.54, 1.807) is 0 Å². The van der Waals surface area contributed by atoms with Crippen LogP contribution in [0.15, 0.2) is 22.8 Å². The van der Waals surface area contributed by atoms with Crippen molar-refractivity contribution in [3.8, 4) is 6.07 Å². The van der Waals surface area contributed by atoms with Crippen LogP contribution in [0.5, 0.6) is 0 Å². The summed E-state index contributed by atoms with van der Waals surface area (Å²) < 4.78 is 7.43. The Morgan fingerprint density at radius 2 is 2.24 bits per heavy atom. The fourth-order valence-electron chi connectivity index (χ4n) is 3.44. The number of nitrogens with zero attached hydrogens (tertiary/aromatic N) is 3. The number of hydrogen-bond acceptors (Lipinski definition) is 5. The van der Waals surface area contributed by atoms with E-state index in [0.29, 0.717) is 40.6 Å². The molecule has 0 aromatic carbocycles. The van der Waals surface area contributed by atoms with E-state index in [-0.39, 0.29) is 23.3 Å². The molecule has 0 radical (unpaired) electrons. The van der Waals surface area contributed by atoms with Crippen LogP contribution in [0.3, 0.4) is 0 Å². The highest BCUT2D eigenvalue weighted by Crippen LogP contribution is 2.46. The van der Waals surface area contributed by atoms with Crippen LogP contribution in [-0.4, -0.2) is 15.6 Å². The molecule has 1 aromatic rings. The maximum atomic E-state index is 12.7. The van der Waals surface area contributed by atoms with Gasteiger partial charge in [-0.05, 0) is 26.7 Å². The second kappa shape index (κ2) is 6.57. The van der Waals surface area contributed by atoms with Crippen LogP contribution in [0.25, 0.3) is 0 Å². The number of nitriles is 1. The number of ketones is 1. The molecule has 3 rings (SSSR count). The van der Waals surface area contributed by atoms with Gasteiger partial charge in [0, 0.05) is 24.5 Å². The van der Waals surface area contributed by atoms with Crippen molar-refractivity contribution in [1.29, 1.82) is 5.26 Å². The van der Waals surface area contributed by atoms with Crippen molar-refractivity contribution in [3.63, 3.8) is 0 Å². The van der Waals surface area contributed by atoms with Gasteiger partial charge in [-0.1, -0.05) is 18.5 Å². The quantitative estimate of drug-likeness (QED) is 0.888. The van der Waals surface area contributed by atoms with Gasteiger partial charge in [0.15, 0.2) is 5.78 Å². The normalized spacial score (nSPS) is 21.7. The smallest absolute Gasteiger partial charge is 0.205 e. The molecule has 0 amide bonds. The lowest BCUT2D eigenvalue weighted by molar-refractivity contribution is -0.116. The van der Waals surface area contributed by atoms with Crippen molar-refractivity contribution < 1.29 is 9.53 Å². The summed E-state index contributed by atoms with van der Waals surface area (Å²) in [5, 5.41) is 14.7. The average molecular weight is 361 g/mol. The predicted molar refractivity (Wildman–Crippen MR) is 93.5 cm³/mol. The maximum Gasteiger partial charge on any atom is 0.205 e. The predicted octanol–water partition coefficient (Wildman–Crippen LogP) is 3.63. The topological polar surface area (TPSA) is 93.9 Å². The summed E-state index contributed by atoms with van der Waals surface area (Å²) in [6.45, 7) is 5.90. The second-order valence-corrected chi connectivity index (χ2v) is 6.90. The van der Waals surface area contributed by atoms with Gasteiger partial charge in [-0.3, -0.25) is 9.48 Å². The largest absolute Gasteiger partial charge is 0.444 e. The highest BCUT2D eigenvalue weighted by Gasteiger charge is 2.41. The Kier molecular flexibility index (Phi) is 4.61. The van der Waals surface area contributed by atoms with Crippen LogP contribution in [0.1, 0.15) is 62.9 Å². The molecule has 1 aliphatic heterocycles. The van der Waals surface area contributed by atoms with Crippen molar-refractivity contribution in [2.24, 2.45) is 5.73 Å². The van der Waals surface area contributed by atoms with Crippen molar-refractivity contribution in [3.05, 3.63) is 39.2 Å². The summed E-state index contributed by atoms with van der Waals surface area (Å²) in [5.41, 5.74) is 8.05. The Balaban J connectivity index is 2.29. The van der Waals surface area contributed by atoms with Crippen LogP contribution in [0.4, 0.5) is 0 Å². The van der Waals surface area contributed by atoms with Crippen molar-refractivity contribution in [2.45, 2.75) is 58.4 Å². The van der Waals surface area contributed by atoms with Crippen molar-refractivity contribution in [1.82, 2.24) is 9.78 Å². The minimum Gasteiger partial charge on any atom is -0.444 e. The van der Waals surface area contributed by atoms with E-state index in [2.05, 4.69) is 18.1 Å². The van der Waals surface area contributed by atoms with Gasteiger partial charge >= 0.3 is 0 Å². The Labute approximate surface area is 151 Å². The first-order valence-corrected chi connectivity index (χ1v) is 8.86. The zero-order chi connectivity index (χ0) is 18.3. The number of hydrogen-bond donors (Lipinski definition) is 1. The Hall–Kier alpha value is -2.26. The zero-order valence-corrected chi connectivity index (χ0v) is 15.4. The van der Waals surface area contributed by atoms with Gasteiger partial charge in [0.1, 0.15) is 17.4 Å². The molecule has 6 nitrogen and oxygen atoms in total. The van der Waals surface area contributed by atoms with E-state index >= 15 is 0 Å². The van der Waals surface area contributed by atoms with Crippen molar-refractivity contribution >= 4 is 17.4 Å². The van der Waals surface area contributed by atoms with Crippen LogP contribution in [0, 0.1) is 18.3 Å². The first kappa shape index (κ1) is 17.6. The minimum atomic E-state index is -0.621. The monoisotopic (exact) mass is 360 g/mol. The van der Waals surface area contributed by atoms with Gasteiger partial charge in [-0.25, -0.2) is 0 Å². The summed E-state index contributed by atoms with van der Waals surface area (Å²) in [7, 11) is 0. The van der Waals surface area contributed by atoms with Gasteiger partial charge in [0.05, 0.1) is 22.3 Å². The molecule has 0 bridgehead atoms. The molecule has 0 unspecified atom stereocenters. The lowest BCUT2D eigenvalue weighted by atomic mass is 9.79. The number of carbonyl (C=O) groups excluding carboxylic acids is 1. The Bertz CT molecular complexity index is 844. The summed E-state index contributed by atoms with van der Waals surface area (Å²) in [6, 6.07) is 2.20. The number of aryl methyl sites for hydroxylation is 1. The van der Waals surface area contributed by atoms with E-state index in [4.69, 9.17) is 22.1 Å². The van der Waals surface area contributed by atoms with Crippen molar-refractivity contribution in [2.75, 3.05) is 0 Å². The summed E-state index contributed by atoms with van der Waals surface area (Å²) >= 11 is 6.57. The van der Waals surface area contributed by atoms with Crippen LogP contribution in [0.2, 0.25) is 5.02 Å². The maximum absolute atomic E-state index is 12.7. The van der Waals surface area contributed by atoms with Gasteiger partial charge in [-0.15, -0.1) is 0 Å². The SMILES string of the molecule is CC[C@H](C)n1nc(C)c(Cl)c1[C@H]1C(C#N)=C(N)OC2=C1C(=O)CCC2. The number of aromatic nitrogens is 2. The molecule has 2 atom stereocenters. The number of rotatable bonds is 3. The average Bonchev–Trinajstić information content (AvgIpc) is 2.88. The third-order valence-corrected chi connectivity index (χ3v) is 5.40. The number of Topliss-reactive ketones (excluding diaryl/α,β-unsaturated/α-hetero) is 1. The second-order valence-electron chi connectivity index (χ2n) is 6.52. The molecule has 0 fully saturated rings. The molecule has 1 aliphatic carbocycles. The Morgan fingerprint density at radius 1 is 1.52 bits per heavy atom. The molecule has 0 spiro atoms. The minimum absolute atomic E-state index is 0.0166. The van der Waals surface area contributed by atoms with Crippen LogP contribution >= 0.6 is 11.6 Å². The molecular weight excluding hydrogens is 340 g/mol. The number of nitrogens with two attached hydrogens (primary N) is 1. The van der Waals surface area contributed by atoms with E-state index < -0.39 is 5.92 Å². The van der Waals surface area contributed by atoms with E-state index in [0.717, 1.165) is 12.8 Å². The molecule has 7 heteroatoms. The molecule has 132 valence electrons. The summed E-state index contributed by atoms with van der Waals surface area (Å²) in [6.07, 6.45) is 2.63. The fraction of sp³-hybridized carbons (Fsp3) is 0.500. The lowest BCUT2D eigenvalue weighted by Crippen LogP contribution is -2.29. The van der Waals surface area contributed by atoms with E-state index in [9.17, 15) is 10.1 Å². The summed E-state index contributed by atoms with van der Waals surface area (Å²) in [4.78, 5) is 12.7. The van der Waals surface area contributed by atoms with Gasteiger partial charge < -0.3 is 10.5 Å². The molecule has 2 N–H and O–H groups in total. The molecule has 25 heavy (non-hydrogen) atoms. The highest BCUT2D eigenvalue weighted by atomic mass is 35.5. The van der Waals surface area contributed by atoms with Gasteiger partial charge in [0.2, 0.25) is 5.88 Å². The number of allylic oxidation sites excluding steroid dienone is 3. The molecular formula is C18H21ClN4O2. The first-order valence-electron chi connectivity index (χ1n) is 8.48. The summed E-state index contributed by atoms with van der Waals surface area (Å²) in [5.74, 6) is -0.0312. The molecule has 2 heterocycles. The first-order chi connectivity index (χ1) is 11.9. The number of carbonyl (C=O) groups is 1. The van der Waals surface area contributed by atoms with Crippen LogP contribution in [-0.2, 0) is 9.53 Å². The Morgan fingerprint density at radius 3 is 2.88 bits per heavy atom. The zero-order valence-electron chi connectivity index (χ0n) is 14.6. The third-order valence-electron chi connectivity index (χ3n) is 4.93. The molecule has 0 saturated carbocycles. The van der Waals surface area contributed by atoms with Gasteiger partial charge in [0.25, 0.3) is 0 Å². The van der Waals surface area contributed by atoms with E-state index in [1.165, 1.54) is 0 Å². The number of ether oxygens (including phenoxy) is 1. The third kappa shape index (κ3) is 2.73. The lowest BCUT2D eigenvalue weighted by Gasteiger charge is -2.31. The molecule has 2 aliphatic rings. The van der Waals surface area contributed by atoms with Gasteiger partial charge in [-0.2, -0.15) is 10.4 Å². The highest BCUT2D eigenvalue weighted by molar-refractivity contribution is 6.32. The van der Waals surface area contributed by atoms with Crippen LogP contribution < -0.4 is 5.73 Å². The van der Waals surface area contributed by atoms with E-state index in [1.807, 2.05) is 18.5 Å². The fourth-order valence-corrected chi connectivity index (χ4v) is 3.68. The standard InChI is InChI=1S/C18H21ClN4O2/c1-4-9(2)23-17(16(19)10(3)22-23)14-11(8-20)18(21)25-13-7-5-6-12(24)15(13)14/h9,14H,4-7,21H2,1-3H3/t9-,14-/m0/s1. The molecule has 1 aromatic heterocycles. The molecule has 0 saturated heterocycles. The number of halogens is 1.